The Bertz CT molecular complexity index is 3090. The minimum absolute atomic E-state index is 0.0210. The number of hydrogen-bond donors (Lipinski definition) is 0. The predicted molar refractivity (Wildman–Crippen MR) is 230 cm³/mol. The lowest BCUT2D eigenvalue weighted by Crippen LogP contribution is -2.15. The van der Waals surface area contributed by atoms with E-state index in [4.69, 9.17) is 19.7 Å². The topological polar surface area (TPSA) is 57.8 Å². The molecule has 0 spiro atoms. The molecule has 6 nitrogen and oxygen atoms in total. The van der Waals surface area contributed by atoms with Crippen LogP contribution >= 0.6 is 0 Å². The summed E-state index contributed by atoms with van der Waals surface area (Å²) in [5, 5.41) is 3.72. The fourth-order valence-corrected chi connectivity index (χ4v) is 9.21. The van der Waals surface area contributed by atoms with Gasteiger partial charge in [-0.2, -0.15) is 0 Å². The highest BCUT2D eigenvalue weighted by molar-refractivity contribution is 6.12. The first-order chi connectivity index (χ1) is 28.3. The highest BCUT2D eigenvalue weighted by Gasteiger charge is 2.36. The van der Waals surface area contributed by atoms with E-state index in [0.717, 1.165) is 46.5 Å². The standard InChI is InChI=1S/C51H35N5O/c1-3-13-32(14-4-1)49-52-50(33-15-5-2-6-16-33)54-51(53-49)34-23-25-35(26-24-34)56-44-29-27-36(55-42-20-10-7-17-37(42)38-18-8-11-21-43(38)55)31-41(44)39-28-30-46-47(48(39)56)40-19-9-12-22-45(40)57-46/h1-10,12-20,22-31,40,45H,11,21H2. The van der Waals surface area contributed by atoms with E-state index in [1.165, 1.54) is 49.7 Å². The molecule has 0 fully saturated rings. The van der Waals surface area contributed by atoms with Crippen LogP contribution in [0.15, 0.2) is 170 Å². The van der Waals surface area contributed by atoms with Crippen molar-refractivity contribution < 1.29 is 4.74 Å². The van der Waals surface area contributed by atoms with Crippen molar-refractivity contribution in [1.29, 1.82) is 0 Å². The molecule has 3 aromatic heterocycles. The number of para-hydroxylation sites is 1. The maximum absolute atomic E-state index is 6.59. The fraction of sp³-hybridized carbons (Fsp3) is 0.0784. The van der Waals surface area contributed by atoms with Crippen molar-refractivity contribution in [3.05, 3.63) is 187 Å². The first-order valence-electron chi connectivity index (χ1n) is 19.7. The van der Waals surface area contributed by atoms with Crippen LogP contribution in [0.3, 0.4) is 0 Å². The van der Waals surface area contributed by atoms with Crippen LogP contribution in [-0.2, 0) is 6.42 Å². The van der Waals surface area contributed by atoms with Gasteiger partial charge in [0.1, 0.15) is 11.9 Å². The van der Waals surface area contributed by atoms with Gasteiger partial charge in [-0.3, -0.25) is 0 Å². The molecule has 0 saturated heterocycles. The summed E-state index contributed by atoms with van der Waals surface area (Å²) in [5.74, 6) is 3.00. The average molecular weight is 734 g/mol. The zero-order chi connectivity index (χ0) is 37.5. The van der Waals surface area contributed by atoms with Crippen LogP contribution in [0.4, 0.5) is 0 Å². The van der Waals surface area contributed by atoms with Gasteiger partial charge in [0.2, 0.25) is 0 Å². The van der Waals surface area contributed by atoms with Crippen LogP contribution in [0, 0.1) is 0 Å². The Morgan fingerprint density at radius 2 is 1.19 bits per heavy atom. The molecule has 9 aromatic rings. The molecule has 0 bridgehead atoms. The SMILES string of the molecule is C1=CC2Oc3ccc4c5cc(-n6c7c(c8ccccc86)C=CCC7)ccc5n(-c5ccc(-c6nc(-c7ccccc7)nc(-c7ccccc7)n6)cc5)c4c3C2C=C1. The van der Waals surface area contributed by atoms with E-state index in [0.29, 0.717) is 17.5 Å². The van der Waals surface area contributed by atoms with Crippen LogP contribution in [0.5, 0.6) is 5.75 Å². The summed E-state index contributed by atoms with van der Waals surface area (Å²) in [7, 11) is 0. The molecule has 6 heteroatoms. The van der Waals surface area contributed by atoms with Gasteiger partial charge in [0.05, 0.1) is 16.6 Å². The number of aromatic nitrogens is 5. The quantitative estimate of drug-likeness (QED) is 0.177. The van der Waals surface area contributed by atoms with Crippen molar-refractivity contribution >= 4 is 38.8 Å². The van der Waals surface area contributed by atoms with Crippen molar-refractivity contribution in [2.24, 2.45) is 0 Å². The number of nitrogens with zero attached hydrogens (tertiary/aromatic N) is 5. The molecule has 270 valence electrons. The zero-order valence-corrected chi connectivity index (χ0v) is 31.0. The van der Waals surface area contributed by atoms with E-state index in [9.17, 15) is 0 Å². The van der Waals surface area contributed by atoms with Crippen molar-refractivity contribution in [1.82, 2.24) is 24.1 Å². The minimum Gasteiger partial charge on any atom is -0.485 e. The Hall–Kier alpha value is -7.31. The first-order valence-corrected chi connectivity index (χ1v) is 19.7. The van der Waals surface area contributed by atoms with Crippen LogP contribution in [0.1, 0.15) is 29.2 Å². The maximum atomic E-state index is 6.59. The Kier molecular flexibility index (Phi) is 7.08. The van der Waals surface area contributed by atoms with Crippen molar-refractivity contribution in [2.45, 2.75) is 24.9 Å². The smallest absolute Gasteiger partial charge is 0.164 e. The van der Waals surface area contributed by atoms with Gasteiger partial charge >= 0.3 is 0 Å². The summed E-state index contributed by atoms with van der Waals surface area (Å²) >= 11 is 0. The fourth-order valence-electron chi connectivity index (χ4n) is 9.21. The average Bonchev–Trinajstić information content (AvgIpc) is 3.94. The predicted octanol–water partition coefficient (Wildman–Crippen LogP) is 11.8. The summed E-state index contributed by atoms with van der Waals surface area (Å²) in [4.78, 5) is 14.9. The van der Waals surface area contributed by atoms with Crippen molar-refractivity contribution in [2.75, 3.05) is 0 Å². The van der Waals surface area contributed by atoms with Crippen LogP contribution in [0.2, 0.25) is 0 Å². The van der Waals surface area contributed by atoms with E-state index < -0.39 is 0 Å². The molecule has 6 aromatic carbocycles. The molecule has 4 heterocycles. The molecule has 2 aliphatic carbocycles. The highest BCUT2D eigenvalue weighted by atomic mass is 16.5. The normalized spacial score (nSPS) is 16.6. The molecule has 2 unspecified atom stereocenters. The van der Waals surface area contributed by atoms with Gasteiger partial charge in [0.25, 0.3) is 0 Å². The van der Waals surface area contributed by atoms with Crippen molar-refractivity contribution in [3.8, 4) is 51.3 Å². The number of hydrogen-bond acceptors (Lipinski definition) is 4. The van der Waals surface area contributed by atoms with Crippen LogP contribution in [0.25, 0.3) is 84.3 Å². The molecule has 3 aliphatic rings. The molecule has 0 N–H and O–H groups in total. The molecular weight excluding hydrogens is 699 g/mol. The lowest BCUT2D eigenvalue weighted by Gasteiger charge is -2.16. The largest absolute Gasteiger partial charge is 0.485 e. The third-order valence-corrected chi connectivity index (χ3v) is 11.8. The second-order valence-corrected chi connectivity index (χ2v) is 15.0. The second-order valence-electron chi connectivity index (χ2n) is 15.0. The first kappa shape index (κ1) is 32.0. The zero-order valence-electron chi connectivity index (χ0n) is 31.0. The lowest BCUT2D eigenvalue weighted by atomic mass is 9.90. The van der Waals surface area contributed by atoms with Gasteiger partial charge in [-0.05, 0) is 79.6 Å². The van der Waals surface area contributed by atoms with Gasteiger partial charge in [-0.15, -0.1) is 0 Å². The molecule has 57 heavy (non-hydrogen) atoms. The third kappa shape index (κ3) is 5.00. The Morgan fingerprint density at radius 1 is 0.544 bits per heavy atom. The summed E-state index contributed by atoms with van der Waals surface area (Å²) in [5.41, 5.74) is 12.6. The molecule has 1 aliphatic heterocycles. The Labute approximate surface area is 329 Å². The van der Waals surface area contributed by atoms with Gasteiger partial charge in [-0.1, -0.05) is 109 Å². The van der Waals surface area contributed by atoms with Gasteiger partial charge in [0.15, 0.2) is 17.5 Å². The monoisotopic (exact) mass is 733 g/mol. The van der Waals surface area contributed by atoms with E-state index in [2.05, 4.69) is 124 Å². The molecule has 0 amide bonds. The van der Waals surface area contributed by atoms with Gasteiger partial charge in [0, 0.05) is 67.0 Å². The lowest BCUT2D eigenvalue weighted by molar-refractivity contribution is 0.269. The molecular formula is C51H35N5O. The van der Waals surface area contributed by atoms with E-state index >= 15 is 0 Å². The molecule has 0 saturated carbocycles. The summed E-state index contributed by atoms with van der Waals surface area (Å²) in [6, 6.07) is 49.1. The number of fused-ring (bicyclic) bond motifs is 10. The maximum Gasteiger partial charge on any atom is 0.164 e. The molecule has 12 rings (SSSR count). The number of benzene rings is 6. The van der Waals surface area contributed by atoms with Crippen molar-refractivity contribution in [3.63, 3.8) is 0 Å². The Balaban J connectivity index is 1.05. The van der Waals surface area contributed by atoms with E-state index in [1.807, 2.05) is 60.7 Å². The van der Waals surface area contributed by atoms with Gasteiger partial charge < -0.3 is 13.9 Å². The number of allylic oxidation sites excluding steroid dienone is 3. The minimum atomic E-state index is -0.0210. The van der Waals surface area contributed by atoms with Gasteiger partial charge in [-0.25, -0.2) is 15.0 Å². The second kappa shape index (κ2) is 12.6. The van der Waals surface area contributed by atoms with E-state index in [-0.39, 0.29) is 12.0 Å². The number of rotatable bonds is 5. The highest BCUT2D eigenvalue weighted by Crippen LogP contribution is 2.48. The summed E-state index contributed by atoms with van der Waals surface area (Å²) in [6.45, 7) is 0. The van der Waals surface area contributed by atoms with E-state index in [1.54, 1.807) is 0 Å². The summed E-state index contributed by atoms with van der Waals surface area (Å²) in [6.07, 6.45) is 15.3. The molecule has 0 radical (unpaired) electrons. The number of ether oxygens (including phenoxy) is 1. The summed E-state index contributed by atoms with van der Waals surface area (Å²) < 4.78 is 11.5. The van der Waals surface area contributed by atoms with Crippen LogP contribution < -0.4 is 4.74 Å². The Morgan fingerprint density at radius 3 is 1.95 bits per heavy atom. The molecule has 2 atom stereocenters. The van der Waals surface area contributed by atoms with Crippen LogP contribution in [-0.4, -0.2) is 30.2 Å². The third-order valence-electron chi connectivity index (χ3n) is 11.8.